The smallest absolute Gasteiger partial charge is 0.315 e. The lowest BCUT2D eigenvalue weighted by Crippen LogP contribution is -2.45. The van der Waals surface area contributed by atoms with Gasteiger partial charge in [-0.05, 0) is 61.4 Å². The maximum absolute atomic E-state index is 12.6. The summed E-state index contributed by atoms with van der Waals surface area (Å²) in [4.78, 5) is 24.9. The average molecular weight is 471 g/mol. The molecule has 34 heavy (non-hydrogen) atoms. The van der Waals surface area contributed by atoms with Crippen LogP contribution in [0.15, 0.2) is 42.5 Å². The monoisotopic (exact) mass is 470 g/mol. The Morgan fingerprint density at radius 2 is 1.59 bits per heavy atom. The van der Waals surface area contributed by atoms with Gasteiger partial charge in [-0.2, -0.15) is 0 Å². The van der Waals surface area contributed by atoms with Crippen LogP contribution in [0, 0.1) is 5.41 Å². The number of carbonyl (C=O) groups excluding carboxylic acids is 2. The lowest BCUT2D eigenvalue weighted by Gasteiger charge is -2.23. The number of nitrogens with one attached hydrogen (secondary N) is 2. The predicted molar refractivity (Wildman–Crippen MR) is 133 cm³/mol. The standard InChI is InChI=1S/C27H38N2O5/c1-26(2,3)20-11-8-18(9-12-20)14-21(17-34-24(31)27(4,5)6)29-25(32)28-16-19-10-13-22(30)23(15-19)33-7/h8-13,15,21,30H,14,16-17H2,1-7H3,(H2,28,29,32). The second kappa shape index (κ2) is 11.3. The van der Waals surface area contributed by atoms with Crippen molar-refractivity contribution in [2.24, 2.45) is 5.41 Å². The number of esters is 1. The van der Waals surface area contributed by atoms with E-state index in [0.717, 1.165) is 11.1 Å². The van der Waals surface area contributed by atoms with Crippen molar-refractivity contribution in [2.75, 3.05) is 13.7 Å². The van der Waals surface area contributed by atoms with E-state index in [9.17, 15) is 14.7 Å². The molecule has 1 atom stereocenters. The first-order valence-corrected chi connectivity index (χ1v) is 11.5. The Morgan fingerprint density at radius 1 is 0.971 bits per heavy atom. The second-order valence-electron chi connectivity index (χ2n) is 10.5. The van der Waals surface area contributed by atoms with E-state index >= 15 is 0 Å². The number of ether oxygens (including phenoxy) is 2. The van der Waals surface area contributed by atoms with E-state index in [2.05, 4.69) is 43.5 Å². The summed E-state index contributed by atoms with van der Waals surface area (Å²) in [5.41, 5.74) is 2.46. The highest BCUT2D eigenvalue weighted by Crippen LogP contribution is 2.26. The Kier molecular flexibility index (Phi) is 8.96. The van der Waals surface area contributed by atoms with Gasteiger partial charge in [-0.1, -0.05) is 51.1 Å². The van der Waals surface area contributed by atoms with Crippen LogP contribution >= 0.6 is 0 Å². The summed E-state index contributed by atoms with van der Waals surface area (Å²) in [6, 6.07) is 12.4. The number of phenols is 1. The summed E-state index contributed by atoms with van der Waals surface area (Å²) in [6.07, 6.45) is 0.516. The van der Waals surface area contributed by atoms with Crippen LogP contribution < -0.4 is 15.4 Å². The molecule has 186 valence electrons. The van der Waals surface area contributed by atoms with Crippen LogP contribution in [0.3, 0.4) is 0 Å². The molecule has 1 unspecified atom stereocenters. The fraction of sp³-hybridized carbons (Fsp3) is 0.481. The van der Waals surface area contributed by atoms with Crippen LogP contribution in [0.2, 0.25) is 0 Å². The topological polar surface area (TPSA) is 96.9 Å². The number of rotatable bonds is 8. The van der Waals surface area contributed by atoms with Crippen molar-refractivity contribution in [2.45, 2.75) is 66.0 Å². The van der Waals surface area contributed by atoms with E-state index < -0.39 is 11.5 Å². The maximum Gasteiger partial charge on any atom is 0.315 e. The molecule has 7 heteroatoms. The molecule has 2 aromatic carbocycles. The van der Waals surface area contributed by atoms with Gasteiger partial charge in [-0.3, -0.25) is 4.79 Å². The first-order chi connectivity index (χ1) is 15.8. The fourth-order valence-electron chi connectivity index (χ4n) is 3.22. The zero-order chi connectivity index (χ0) is 25.5. The van der Waals surface area contributed by atoms with Crippen LogP contribution in [-0.2, 0) is 27.9 Å². The summed E-state index contributed by atoms with van der Waals surface area (Å²) in [5, 5.41) is 15.5. The largest absolute Gasteiger partial charge is 0.504 e. The summed E-state index contributed by atoms with van der Waals surface area (Å²) in [7, 11) is 1.47. The molecule has 0 aliphatic heterocycles. The third-order valence-electron chi connectivity index (χ3n) is 5.36. The van der Waals surface area contributed by atoms with Crippen LogP contribution in [0.1, 0.15) is 58.2 Å². The molecule has 2 amide bonds. The molecule has 0 heterocycles. The quantitative estimate of drug-likeness (QED) is 0.486. The normalized spacial score (nSPS) is 12.6. The Hall–Kier alpha value is -3.22. The lowest BCUT2D eigenvalue weighted by molar-refractivity contribution is -0.153. The molecule has 2 rings (SSSR count). The molecule has 0 saturated carbocycles. The third-order valence-corrected chi connectivity index (χ3v) is 5.36. The minimum absolute atomic E-state index is 0.0360. The van der Waals surface area contributed by atoms with Crippen molar-refractivity contribution >= 4 is 12.0 Å². The highest BCUT2D eigenvalue weighted by Gasteiger charge is 2.25. The number of phenolic OH excluding ortho intramolecular Hbond substituents is 1. The van der Waals surface area contributed by atoms with Crippen molar-refractivity contribution in [1.29, 1.82) is 0 Å². The van der Waals surface area contributed by atoms with Crippen LogP contribution in [0.4, 0.5) is 4.79 Å². The summed E-state index contributed by atoms with van der Waals surface area (Å²) >= 11 is 0. The van der Waals surface area contributed by atoms with Crippen molar-refractivity contribution in [1.82, 2.24) is 10.6 Å². The zero-order valence-electron chi connectivity index (χ0n) is 21.3. The molecule has 0 bridgehead atoms. The number of hydrogen-bond donors (Lipinski definition) is 3. The number of benzene rings is 2. The minimum Gasteiger partial charge on any atom is -0.504 e. The third kappa shape index (κ3) is 8.28. The van der Waals surface area contributed by atoms with E-state index in [1.165, 1.54) is 18.7 Å². The van der Waals surface area contributed by atoms with Crippen LogP contribution in [0.25, 0.3) is 0 Å². The van der Waals surface area contributed by atoms with Gasteiger partial charge in [0.1, 0.15) is 6.61 Å². The molecular formula is C27H38N2O5. The Bertz CT molecular complexity index is 972. The molecule has 0 spiro atoms. The fourth-order valence-corrected chi connectivity index (χ4v) is 3.22. The molecule has 0 aliphatic rings. The number of methoxy groups -OCH3 is 1. The van der Waals surface area contributed by atoms with E-state index in [-0.39, 0.29) is 36.3 Å². The molecule has 7 nitrogen and oxygen atoms in total. The molecule has 0 radical (unpaired) electrons. The van der Waals surface area contributed by atoms with Crippen molar-refractivity contribution in [3.63, 3.8) is 0 Å². The number of aromatic hydroxyl groups is 1. The van der Waals surface area contributed by atoms with Crippen molar-refractivity contribution < 1.29 is 24.2 Å². The zero-order valence-corrected chi connectivity index (χ0v) is 21.3. The van der Waals surface area contributed by atoms with Crippen LogP contribution in [0.5, 0.6) is 11.5 Å². The van der Waals surface area contributed by atoms with Gasteiger partial charge in [-0.15, -0.1) is 0 Å². The van der Waals surface area contributed by atoms with Gasteiger partial charge in [0.2, 0.25) is 0 Å². The first kappa shape index (κ1) is 27.0. The van der Waals surface area contributed by atoms with Crippen molar-refractivity contribution in [3.05, 3.63) is 59.2 Å². The van der Waals surface area contributed by atoms with Gasteiger partial charge >= 0.3 is 12.0 Å². The SMILES string of the molecule is COc1cc(CNC(=O)NC(COC(=O)C(C)(C)C)Cc2ccc(C(C)(C)C)cc2)ccc1O. The lowest BCUT2D eigenvalue weighted by atomic mass is 9.86. The molecule has 2 aromatic rings. The Labute approximate surface area is 202 Å². The van der Waals surface area contributed by atoms with Gasteiger partial charge in [0.15, 0.2) is 11.5 Å². The van der Waals surface area contributed by atoms with E-state index in [1.807, 2.05) is 12.1 Å². The molecule has 3 N–H and O–H groups in total. The van der Waals surface area contributed by atoms with Gasteiger partial charge < -0.3 is 25.2 Å². The summed E-state index contributed by atoms with van der Waals surface area (Å²) in [6.45, 7) is 12.2. The summed E-state index contributed by atoms with van der Waals surface area (Å²) in [5.74, 6) is 0.0540. The van der Waals surface area contributed by atoms with Gasteiger partial charge in [0.05, 0.1) is 18.6 Å². The van der Waals surface area contributed by atoms with Crippen LogP contribution in [-0.4, -0.2) is 36.9 Å². The van der Waals surface area contributed by atoms with E-state index in [0.29, 0.717) is 12.2 Å². The Morgan fingerprint density at radius 3 is 2.15 bits per heavy atom. The highest BCUT2D eigenvalue weighted by molar-refractivity contribution is 5.76. The predicted octanol–water partition coefficient (Wildman–Crippen LogP) is 4.70. The first-order valence-electron chi connectivity index (χ1n) is 11.5. The summed E-state index contributed by atoms with van der Waals surface area (Å²) < 4.78 is 10.6. The number of carbonyl (C=O) groups is 2. The molecule has 0 aromatic heterocycles. The second-order valence-corrected chi connectivity index (χ2v) is 10.5. The molecule has 0 aliphatic carbocycles. The maximum atomic E-state index is 12.6. The molecule has 0 fully saturated rings. The van der Waals surface area contributed by atoms with E-state index in [1.54, 1.807) is 32.9 Å². The van der Waals surface area contributed by atoms with Crippen molar-refractivity contribution in [3.8, 4) is 11.5 Å². The Balaban J connectivity index is 2.05. The minimum atomic E-state index is -0.626. The number of urea groups is 1. The average Bonchev–Trinajstić information content (AvgIpc) is 2.75. The van der Waals surface area contributed by atoms with Gasteiger partial charge in [0.25, 0.3) is 0 Å². The number of hydrogen-bond acceptors (Lipinski definition) is 5. The molecular weight excluding hydrogens is 432 g/mol. The number of amides is 2. The van der Waals surface area contributed by atoms with E-state index in [4.69, 9.17) is 9.47 Å². The highest BCUT2D eigenvalue weighted by atomic mass is 16.5. The van der Waals surface area contributed by atoms with Gasteiger partial charge in [0, 0.05) is 6.54 Å². The molecule has 0 saturated heterocycles. The van der Waals surface area contributed by atoms with Gasteiger partial charge in [-0.25, -0.2) is 4.79 Å².